The molecule has 4 aromatic rings. The number of amides is 1. The topological polar surface area (TPSA) is 131 Å². The van der Waals surface area contributed by atoms with Gasteiger partial charge in [0.25, 0.3) is 0 Å². The Labute approximate surface area is 260 Å². The molecule has 0 bridgehead atoms. The molecule has 3 atom stereocenters. The van der Waals surface area contributed by atoms with Crippen molar-refractivity contribution in [1.29, 1.82) is 0 Å². The first-order valence-electron chi connectivity index (χ1n) is 14.6. The molecule has 1 fully saturated rings. The number of benzene rings is 3. The standard InChI is InChI=1S/C34H35N3O6S/c38-21-23-9-11-25(12-10-23)30-19-28(22-44-34-35-17-4-18-36-34)42-33(43-30)26-15-13-24(14-16-26)29-6-2-1-5-27(29)20-37-31(39)7-3-8-32(40)41/h1-2,4-6,9-18,28,30,33,38H,3,7-8,19-22H2,(H,37,39)(H,40,41)/t28-,30+,33+/m0/s1. The number of ether oxygens (including phenoxy) is 2. The molecule has 3 aromatic carbocycles. The van der Waals surface area contributed by atoms with Gasteiger partial charge in [-0.15, -0.1) is 0 Å². The highest BCUT2D eigenvalue weighted by atomic mass is 32.2. The largest absolute Gasteiger partial charge is 0.481 e. The zero-order valence-corrected chi connectivity index (χ0v) is 25.0. The Morgan fingerprint density at radius 3 is 2.34 bits per heavy atom. The first-order valence-corrected chi connectivity index (χ1v) is 15.5. The van der Waals surface area contributed by atoms with Crippen molar-refractivity contribution < 1.29 is 29.3 Å². The van der Waals surface area contributed by atoms with Crippen molar-refractivity contribution in [1.82, 2.24) is 15.3 Å². The maximum atomic E-state index is 12.2. The summed E-state index contributed by atoms with van der Waals surface area (Å²) >= 11 is 1.55. The van der Waals surface area contributed by atoms with Gasteiger partial charge >= 0.3 is 5.97 Å². The van der Waals surface area contributed by atoms with Gasteiger partial charge in [-0.05, 0) is 40.3 Å². The van der Waals surface area contributed by atoms with E-state index in [0.29, 0.717) is 30.3 Å². The number of hydrogen-bond acceptors (Lipinski definition) is 8. The van der Waals surface area contributed by atoms with Crippen LogP contribution in [-0.4, -0.2) is 43.9 Å². The fourth-order valence-corrected chi connectivity index (χ4v) is 5.83. The zero-order valence-electron chi connectivity index (χ0n) is 24.2. The molecule has 0 radical (unpaired) electrons. The van der Waals surface area contributed by atoms with E-state index >= 15 is 0 Å². The first-order chi connectivity index (χ1) is 21.5. The molecule has 2 heterocycles. The van der Waals surface area contributed by atoms with Gasteiger partial charge in [-0.1, -0.05) is 84.6 Å². The van der Waals surface area contributed by atoms with Crippen molar-refractivity contribution >= 4 is 23.6 Å². The highest BCUT2D eigenvalue weighted by molar-refractivity contribution is 7.99. The SMILES string of the molecule is O=C(O)CCCC(=O)NCc1ccccc1-c1ccc([C@@H]2O[C@H](CSc3ncccn3)C[C@H](c3ccc(CO)cc3)O2)cc1. The number of hydrogen-bond donors (Lipinski definition) is 3. The summed E-state index contributed by atoms with van der Waals surface area (Å²) in [6, 6.07) is 25.5. The number of aliphatic hydroxyl groups excluding tert-OH is 1. The minimum Gasteiger partial charge on any atom is -0.481 e. The van der Waals surface area contributed by atoms with E-state index in [4.69, 9.17) is 14.6 Å². The second-order valence-electron chi connectivity index (χ2n) is 10.5. The van der Waals surface area contributed by atoms with E-state index in [1.807, 2.05) is 72.8 Å². The molecule has 0 unspecified atom stereocenters. The van der Waals surface area contributed by atoms with Crippen molar-refractivity contribution in [2.45, 2.75) is 62.5 Å². The molecule has 9 nitrogen and oxygen atoms in total. The lowest BCUT2D eigenvalue weighted by Crippen LogP contribution is -2.31. The van der Waals surface area contributed by atoms with Crippen LogP contribution in [-0.2, 0) is 32.2 Å². The first kappa shape index (κ1) is 31.3. The number of aliphatic hydroxyl groups is 1. The van der Waals surface area contributed by atoms with Crippen LogP contribution in [0.25, 0.3) is 11.1 Å². The van der Waals surface area contributed by atoms with Crippen molar-refractivity contribution in [3.05, 3.63) is 114 Å². The molecular formula is C34H35N3O6S. The Morgan fingerprint density at radius 1 is 0.886 bits per heavy atom. The third-order valence-electron chi connectivity index (χ3n) is 7.34. The maximum Gasteiger partial charge on any atom is 0.303 e. The number of carboxylic acids is 1. The number of rotatable bonds is 13. The molecular weight excluding hydrogens is 578 g/mol. The zero-order chi connectivity index (χ0) is 30.7. The molecule has 5 rings (SSSR count). The lowest BCUT2D eigenvalue weighted by molar-refractivity contribution is -0.245. The number of carboxylic acid groups (broad SMARTS) is 1. The number of aliphatic carboxylic acids is 1. The van der Waals surface area contributed by atoms with Crippen LogP contribution in [0.3, 0.4) is 0 Å². The summed E-state index contributed by atoms with van der Waals surface area (Å²) in [5.74, 6) is -0.406. The molecule has 1 aliphatic rings. The average molecular weight is 614 g/mol. The fraction of sp³-hybridized carbons (Fsp3) is 0.294. The third-order valence-corrected chi connectivity index (χ3v) is 8.34. The van der Waals surface area contributed by atoms with E-state index in [9.17, 15) is 14.7 Å². The molecule has 1 saturated heterocycles. The van der Waals surface area contributed by atoms with Crippen LogP contribution in [0.15, 0.2) is 96.4 Å². The summed E-state index contributed by atoms with van der Waals surface area (Å²) in [7, 11) is 0. The van der Waals surface area contributed by atoms with Crippen LogP contribution in [0, 0.1) is 0 Å². The van der Waals surface area contributed by atoms with Crippen molar-refractivity contribution in [2.24, 2.45) is 0 Å². The van der Waals surface area contributed by atoms with E-state index in [2.05, 4.69) is 15.3 Å². The summed E-state index contributed by atoms with van der Waals surface area (Å²) in [4.78, 5) is 31.6. The van der Waals surface area contributed by atoms with Crippen LogP contribution in [0.4, 0.5) is 0 Å². The summed E-state index contributed by atoms with van der Waals surface area (Å²) in [5.41, 5.74) is 5.71. The number of carbonyl (C=O) groups excluding carboxylic acids is 1. The van der Waals surface area contributed by atoms with Crippen LogP contribution < -0.4 is 5.32 Å². The molecule has 10 heteroatoms. The van der Waals surface area contributed by atoms with Crippen LogP contribution in [0.1, 0.15) is 60.3 Å². The van der Waals surface area contributed by atoms with E-state index in [1.54, 1.807) is 30.2 Å². The number of nitrogens with one attached hydrogen (secondary N) is 1. The molecule has 1 aromatic heterocycles. The van der Waals surface area contributed by atoms with Crippen molar-refractivity contribution in [2.75, 3.05) is 5.75 Å². The minimum absolute atomic E-state index is 0.0114. The monoisotopic (exact) mass is 613 g/mol. The van der Waals surface area contributed by atoms with Crippen LogP contribution >= 0.6 is 11.8 Å². The van der Waals surface area contributed by atoms with Crippen molar-refractivity contribution in [3.63, 3.8) is 0 Å². The highest BCUT2D eigenvalue weighted by Crippen LogP contribution is 2.39. The van der Waals surface area contributed by atoms with E-state index in [0.717, 1.165) is 33.4 Å². The summed E-state index contributed by atoms with van der Waals surface area (Å²) in [6.07, 6.45) is 3.70. The van der Waals surface area contributed by atoms with E-state index < -0.39 is 12.3 Å². The third kappa shape index (κ3) is 8.73. The van der Waals surface area contributed by atoms with E-state index in [1.165, 1.54) is 0 Å². The second kappa shape index (κ2) is 15.6. The predicted molar refractivity (Wildman–Crippen MR) is 166 cm³/mol. The van der Waals surface area contributed by atoms with Crippen molar-refractivity contribution in [3.8, 4) is 11.1 Å². The van der Waals surface area contributed by atoms with Gasteiger partial charge in [-0.2, -0.15) is 0 Å². The lowest BCUT2D eigenvalue weighted by Gasteiger charge is -2.36. The lowest BCUT2D eigenvalue weighted by atomic mass is 9.97. The van der Waals surface area contributed by atoms with Gasteiger partial charge in [-0.25, -0.2) is 9.97 Å². The Balaban J connectivity index is 1.29. The maximum absolute atomic E-state index is 12.2. The van der Waals surface area contributed by atoms with Gasteiger partial charge in [0, 0.05) is 49.5 Å². The summed E-state index contributed by atoms with van der Waals surface area (Å²) in [5, 5.41) is 21.9. The number of aromatic nitrogens is 2. The Hall–Kier alpha value is -4.09. The Bertz CT molecular complexity index is 1520. The minimum atomic E-state index is -0.904. The molecule has 1 aliphatic heterocycles. The molecule has 1 amide bonds. The fourth-order valence-electron chi connectivity index (χ4n) is 5.01. The van der Waals surface area contributed by atoms with Gasteiger partial charge in [0.2, 0.25) is 5.91 Å². The molecule has 228 valence electrons. The quantitative estimate of drug-likeness (QED) is 0.126. The van der Waals surface area contributed by atoms with Gasteiger partial charge in [0.1, 0.15) is 0 Å². The molecule has 0 spiro atoms. The molecule has 44 heavy (non-hydrogen) atoms. The normalized spacial score (nSPS) is 18.1. The molecule has 0 saturated carbocycles. The van der Waals surface area contributed by atoms with Crippen LogP contribution in [0.5, 0.6) is 0 Å². The predicted octanol–water partition coefficient (Wildman–Crippen LogP) is 5.84. The Morgan fingerprint density at radius 2 is 1.61 bits per heavy atom. The van der Waals surface area contributed by atoms with Gasteiger partial charge in [0.05, 0.1) is 18.8 Å². The molecule has 0 aliphatic carbocycles. The van der Waals surface area contributed by atoms with Crippen LogP contribution in [0.2, 0.25) is 0 Å². The van der Waals surface area contributed by atoms with E-state index in [-0.39, 0.29) is 37.6 Å². The number of nitrogens with zero attached hydrogens (tertiary/aromatic N) is 2. The average Bonchev–Trinajstić information content (AvgIpc) is 3.07. The number of thioether (sulfide) groups is 1. The summed E-state index contributed by atoms with van der Waals surface area (Å²) in [6.45, 7) is 0.336. The van der Waals surface area contributed by atoms with Gasteiger partial charge < -0.3 is 25.0 Å². The molecule has 3 N–H and O–H groups in total. The van der Waals surface area contributed by atoms with Gasteiger partial charge in [-0.3, -0.25) is 9.59 Å². The highest BCUT2D eigenvalue weighted by Gasteiger charge is 2.32. The second-order valence-corrected chi connectivity index (χ2v) is 11.5. The van der Waals surface area contributed by atoms with Gasteiger partial charge in [0.15, 0.2) is 11.4 Å². The Kier molecular flexibility index (Phi) is 11.1. The smallest absolute Gasteiger partial charge is 0.303 e. The summed E-state index contributed by atoms with van der Waals surface area (Å²) < 4.78 is 12.9. The number of carbonyl (C=O) groups is 2.